The van der Waals surface area contributed by atoms with E-state index in [1.165, 1.54) is 4.68 Å². The Balaban J connectivity index is 1.57. The largest absolute Gasteiger partial charge is 0.489 e. The highest BCUT2D eigenvalue weighted by Crippen LogP contribution is 2.21. The minimum Gasteiger partial charge on any atom is -0.489 e. The van der Waals surface area contributed by atoms with Crippen LogP contribution in [0.5, 0.6) is 5.75 Å². The highest BCUT2D eigenvalue weighted by Gasteiger charge is 2.15. The number of ether oxygens (including phenoxy) is 1. The van der Waals surface area contributed by atoms with Crippen LogP contribution < -0.4 is 10.3 Å². The van der Waals surface area contributed by atoms with Crippen LogP contribution in [-0.2, 0) is 6.61 Å². The van der Waals surface area contributed by atoms with Crippen molar-refractivity contribution < 1.29 is 4.74 Å². The summed E-state index contributed by atoms with van der Waals surface area (Å²) in [5.41, 5.74) is 2.46. The molecule has 0 amide bonds. The van der Waals surface area contributed by atoms with Crippen LogP contribution in [0, 0.1) is 0 Å². The molecule has 0 bridgehead atoms. The minimum absolute atomic E-state index is 0.0947. The first-order valence-corrected chi connectivity index (χ1v) is 12.3. The molecule has 0 fully saturated rings. The Morgan fingerprint density at radius 2 is 1.73 bits per heavy atom. The number of halogens is 2. The topological polar surface area (TPSA) is 56.5 Å². The van der Waals surface area contributed by atoms with Crippen LogP contribution in [0.4, 0.5) is 0 Å². The Morgan fingerprint density at radius 3 is 2.42 bits per heavy atom. The molecule has 0 unspecified atom stereocenters. The standard InChI is InChI=1S/C26H23Br2N3O2/c1-3-17(2)25-30-24-13-10-21(28)14-23(24)26(32)31(25)29-15-18-6-11-22(12-7-18)33-16-19-4-8-20(27)9-5-19/h4-15,17H,3,16H2,1-2H3/t17-/m1/s1. The van der Waals surface area contributed by atoms with Gasteiger partial charge in [-0.1, -0.05) is 57.8 Å². The van der Waals surface area contributed by atoms with E-state index in [0.717, 1.165) is 32.2 Å². The van der Waals surface area contributed by atoms with Gasteiger partial charge in [-0.3, -0.25) is 4.79 Å². The molecule has 4 aromatic rings. The summed E-state index contributed by atoms with van der Waals surface area (Å²) in [6.07, 6.45) is 2.53. The van der Waals surface area contributed by atoms with E-state index >= 15 is 0 Å². The normalized spacial score (nSPS) is 12.4. The van der Waals surface area contributed by atoms with Gasteiger partial charge < -0.3 is 4.74 Å². The fourth-order valence-electron chi connectivity index (χ4n) is 3.30. The SMILES string of the molecule is CC[C@@H](C)c1nc2ccc(Br)cc2c(=O)n1N=Cc1ccc(OCc2ccc(Br)cc2)cc1. The number of hydrogen-bond acceptors (Lipinski definition) is 4. The van der Waals surface area contributed by atoms with Crippen LogP contribution in [-0.4, -0.2) is 15.9 Å². The molecular formula is C26H23Br2N3O2. The highest BCUT2D eigenvalue weighted by molar-refractivity contribution is 9.10. The van der Waals surface area contributed by atoms with Crippen LogP contribution in [0.25, 0.3) is 10.9 Å². The van der Waals surface area contributed by atoms with Gasteiger partial charge in [-0.2, -0.15) is 9.78 Å². The van der Waals surface area contributed by atoms with Gasteiger partial charge in [0.25, 0.3) is 5.56 Å². The third-order valence-corrected chi connectivity index (χ3v) is 6.43. The van der Waals surface area contributed by atoms with E-state index in [-0.39, 0.29) is 11.5 Å². The average molecular weight is 569 g/mol. The van der Waals surface area contributed by atoms with Gasteiger partial charge >= 0.3 is 0 Å². The first-order chi connectivity index (χ1) is 15.9. The number of rotatable bonds is 7. The lowest BCUT2D eigenvalue weighted by atomic mass is 10.1. The van der Waals surface area contributed by atoms with E-state index in [2.05, 4.69) is 50.8 Å². The lowest BCUT2D eigenvalue weighted by molar-refractivity contribution is 0.306. The smallest absolute Gasteiger partial charge is 0.282 e. The number of aromatic nitrogens is 2. The summed E-state index contributed by atoms with van der Waals surface area (Å²) in [4.78, 5) is 17.9. The molecule has 0 aliphatic heterocycles. The van der Waals surface area contributed by atoms with Gasteiger partial charge in [0.2, 0.25) is 0 Å². The Kier molecular flexibility index (Phi) is 7.40. The van der Waals surface area contributed by atoms with E-state index in [1.807, 2.05) is 60.7 Å². The second-order valence-corrected chi connectivity index (χ2v) is 9.62. The molecule has 0 saturated carbocycles. The summed E-state index contributed by atoms with van der Waals surface area (Å²) in [6.45, 7) is 4.62. The summed E-state index contributed by atoms with van der Waals surface area (Å²) in [7, 11) is 0. The van der Waals surface area contributed by atoms with Gasteiger partial charge in [0.05, 0.1) is 17.1 Å². The molecule has 0 radical (unpaired) electrons. The molecule has 1 atom stereocenters. The van der Waals surface area contributed by atoms with Gasteiger partial charge in [0.1, 0.15) is 18.2 Å². The molecule has 33 heavy (non-hydrogen) atoms. The number of fused-ring (bicyclic) bond motifs is 1. The molecule has 5 nitrogen and oxygen atoms in total. The van der Waals surface area contributed by atoms with Crippen molar-refractivity contribution in [2.45, 2.75) is 32.8 Å². The summed E-state index contributed by atoms with van der Waals surface area (Å²) in [5.74, 6) is 1.52. The first kappa shape index (κ1) is 23.4. The number of hydrogen-bond donors (Lipinski definition) is 0. The van der Waals surface area contributed by atoms with Crippen molar-refractivity contribution in [1.82, 2.24) is 9.66 Å². The van der Waals surface area contributed by atoms with Crippen LogP contribution >= 0.6 is 31.9 Å². The molecule has 4 rings (SSSR count). The van der Waals surface area contributed by atoms with Crippen LogP contribution in [0.3, 0.4) is 0 Å². The maximum Gasteiger partial charge on any atom is 0.282 e. The second kappa shape index (κ2) is 10.4. The van der Waals surface area contributed by atoms with Crippen molar-refractivity contribution in [3.8, 4) is 5.75 Å². The third kappa shape index (κ3) is 5.60. The lowest BCUT2D eigenvalue weighted by Gasteiger charge is -2.14. The van der Waals surface area contributed by atoms with Gasteiger partial charge in [0, 0.05) is 14.9 Å². The molecule has 1 aromatic heterocycles. The highest BCUT2D eigenvalue weighted by atomic mass is 79.9. The molecule has 0 spiro atoms. The average Bonchev–Trinajstić information content (AvgIpc) is 2.83. The number of nitrogens with zero attached hydrogens (tertiary/aromatic N) is 3. The van der Waals surface area contributed by atoms with E-state index in [4.69, 9.17) is 9.72 Å². The van der Waals surface area contributed by atoms with Gasteiger partial charge in [-0.05, 0) is 72.1 Å². The Bertz CT molecular complexity index is 1350. The molecule has 168 valence electrons. The van der Waals surface area contributed by atoms with E-state index in [0.29, 0.717) is 23.3 Å². The maximum absolute atomic E-state index is 13.2. The van der Waals surface area contributed by atoms with E-state index < -0.39 is 0 Å². The molecule has 0 aliphatic carbocycles. The minimum atomic E-state index is -0.178. The van der Waals surface area contributed by atoms with Gasteiger partial charge in [-0.15, -0.1) is 0 Å². The fraction of sp³-hybridized carbons (Fsp3) is 0.192. The van der Waals surface area contributed by atoms with Crippen molar-refractivity contribution in [2.24, 2.45) is 5.10 Å². The molecule has 1 heterocycles. The van der Waals surface area contributed by atoms with Crippen LogP contribution in [0.1, 0.15) is 43.1 Å². The van der Waals surface area contributed by atoms with Crippen molar-refractivity contribution in [3.63, 3.8) is 0 Å². The fourth-order valence-corrected chi connectivity index (χ4v) is 3.93. The summed E-state index contributed by atoms with van der Waals surface area (Å²) < 4.78 is 9.16. The molecule has 0 aliphatic rings. The summed E-state index contributed by atoms with van der Waals surface area (Å²) in [6, 6.07) is 21.2. The van der Waals surface area contributed by atoms with Crippen molar-refractivity contribution >= 4 is 49.0 Å². The molecule has 3 aromatic carbocycles. The predicted molar refractivity (Wildman–Crippen MR) is 140 cm³/mol. The Morgan fingerprint density at radius 1 is 1.03 bits per heavy atom. The van der Waals surface area contributed by atoms with Crippen molar-refractivity contribution in [2.75, 3.05) is 0 Å². The van der Waals surface area contributed by atoms with Gasteiger partial charge in [0.15, 0.2) is 0 Å². The summed E-state index contributed by atoms with van der Waals surface area (Å²) >= 11 is 6.87. The van der Waals surface area contributed by atoms with E-state index in [1.54, 1.807) is 12.3 Å². The lowest BCUT2D eigenvalue weighted by Crippen LogP contribution is -2.23. The van der Waals surface area contributed by atoms with E-state index in [9.17, 15) is 4.79 Å². The monoisotopic (exact) mass is 567 g/mol. The molecular weight excluding hydrogens is 546 g/mol. The predicted octanol–water partition coefficient (Wildman–Crippen LogP) is 6.90. The molecule has 0 saturated heterocycles. The quantitative estimate of drug-likeness (QED) is 0.228. The Hall–Kier alpha value is -2.77. The zero-order valence-electron chi connectivity index (χ0n) is 18.3. The second-order valence-electron chi connectivity index (χ2n) is 7.79. The number of benzene rings is 3. The third-order valence-electron chi connectivity index (χ3n) is 5.41. The zero-order chi connectivity index (χ0) is 23.4. The van der Waals surface area contributed by atoms with Crippen molar-refractivity contribution in [1.29, 1.82) is 0 Å². The van der Waals surface area contributed by atoms with Crippen LogP contribution in [0.2, 0.25) is 0 Å². The van der Waals surface area contributed by atoms with Gasteiger partial charge in [-0.25, -0.2) is 4.98 Å². The summed E-state index contributed by atoms with van der Waals surface area (Å²) in [5, 5.41) is 5.05. The Labute approximate surface area is 209 Å². The first-order valence-electron chi connectivity index (χ1n) is 10.7. The van der Waals surface area contributed by atoms with Crippen molar-refractivity contribution in [3.05, 3.63) is 103 Å². The molecule has 7 heteroatoms. The van der Waals surface area contributed by atoms with Crippen LogP contribution in [0.15, 0.2) is 85.6 Å². The maximum atomic E-state index is 13.2. The molecule has 0 N–H and O–H groups in total. The zero-order valence-corrected chi connectivity index (χ0v) is 21.5.